The minimum Gasteiger partial charge on any atom is -0.390 e. The number of hydrogen-bond donors (Lipinski definition) is 1. The first-order chi connectivity index (χ1) is 6.79. The maximum absolute atomic E-state index is 10.9. The van der Waals surface area contributed by atoms with E-state index in [1.807, 2.05) is 0 Å². The highest BCUT2D eigenvalue weighted by Crippen LogP contribution is 2.34. The van der Waals surface area contributed by atoms with Crippen LogP contribution in [-0.4, -0.2) is 24.3 Å². The summed E-state index contributed by atoms with van der Waals surface area (Å²) in [6, 6.07) is 0. The molecule has 1 fully saturated rings. The summed E-state index contributed by atoms with van der Waals surface area (Å²) in [5.74, 6) is 0.503. The third-order valence-corrected chi connectivity index (χ3v) is 2.49. The van der Waals surface area contributed by atoms with Crippen molar-refractivity contribution in [1.82, 2.24) is 5.32 Å². The molecule has 4 heteroatoms. The zero-order valence-corrected chi connectivity index (χ0v) is 8.03. The van der Waals surface area contributed by atoms with E-state index in [9.17, 15) is 4.79 Å². The summed E-state index contributed by atoms with van der Waals surface area (Å²) < 4.78 is 0. The van der Waals surface area contributed by atoms with Crippen LogP contribution in [-0.2, 0) is 9.63 Å². The first-order valence-corrected chi connectivity index (χ1v) is 4.92. The van der Waals surface area contributed by atoms with Crippen LogP contribution in [0.25, 0.3) is 0 Å². The van der Waals surface area contributed by atoms with E-state index in [0.717, 1.165) is 6.42 Å². The Morgan fingerprint density at radius 2 is 2.50 bits per heavy atom. The Bertz CT molecular complexity index is 282. The highest BCUT2D eigenvalue weighted by molar-refractivity contribution is 5.90. The fourth-order valence-electron chi connectivity index (χ4n) is 1.50. The summed E-state index contributed by atoms with van der Waals surface area (Å²) in [5.41, 5.74) is 1.17. The van der Waals surface area contributed by atoms with Gasteiger partial charge in [0.25, 0.3) is 0 Å². The van der Waals surface area contributed by atoms with Gasteiger partial charge in [0.15, 0.2) is 0 Å². The van der Waals surface area contributed by atoms with Crippen LogP contribution in [0.5, 0.6) is 0 Å². The molecule has 0 spiro atoms. The molecule has 2 aliphatic rings. The molecule has 0 bridgehead atoms. The van der Waals surface area contributed by atoms with Crippen molar-refractivity contribution in [3.8, 4) is 0 Å². The largest absolute Gasteiger partial charge is 0.390 e. The summed E-state index contributed by atoms with van der Waals surface area (Å²) in [7, 11) is 0. The highest BCUT2D eigenvalue weighted by atomic mass is 16.6. The molecule has 0 aromatic heterocycles. The normalized spacial score (nSPS) is 25.1. The van der Waals surface area contributed by atoms with Crippen LogP contribution >= 0.6 is 0 Å². The summed E-state index contributed by atoms with van der Waals surface area (Å²) in [6.45, 7) is 3.90. The molecule has 1 unspecified atom stereocenters. The third kappa shape index (κ3) is 2.13. The molecule has 1 atom stereocenters. The monoisotopic (exact) mass is 194 g/mol. The summed E-state index contributed by atoms with van der Waals surface area (Å²) in [4.78, 5) is 16.1. The molecule has 14 heavy (non-hydrogen) atoms. The number of nitrogens with one attached hydrogen (secondary N) is 1. The molecule has 1 saturated carbocycles. The van der Waals surface area contributed by atoms with Crippen molar-refractivity contribution in [2.45, 2.75) is 25.4 Å². The number of amides is 1. The van der Waals surface area contributed by atoms with Gasteiger partial charge < -0.3 is 10.2 Å². The van der Waals surface area contributed by atoms with E-state index >= 15 is 0 Å². The van der Waals surface area contributed by atoms with Crippen molar-refractivity contribution in [3.63, 3.8) is 0 Å². The van der Waals surface area contributed by atoms with Crippen LogP contribution in [0.2, 0.25) is 0 Å². The maximum Gasteiger partial charge on any atom is 0.243 e. The standard InChI is InChI=1S/C10H14N2O2/c1-2-10(13)11-6-8-5-9(12-14-8)7-3-4-7/h2,7-8H,1,3-6H2,(H,11,13). The molecule has 1 aliphatic carbocycles. The molecule has 0 aromatic rings. The number of rotatable bonds is 4. The van der Waals surface area contributed by atoms with Gasteiger partial charge in [-0.05, 0) is 18.9 Å². The SMILES string of the molecule is C=CC(=O)NCC1CC(C2CC2)=NO1. The average Bonchev–Trinajstić information content (AvgIpc) is 2.95. The van der Waals surface area contributed by atoms with Gasteiger partial charge in [0, 0.05) is 12.3 Å². The Balaban J connectivity index is 1.70. The van der Waals surface area contributed by atoms with Gasteiger partial charge in [-0.1, -0.05) is 11.7 Å². The molecular weight excluding hydrogens is 180 g/mol. The van der Waals surface area contributed by atoms with Crippen LogP contribution in [0.4, 0.5) is 0 Å². The van der Waals surface area contributed by atoms with E-state index in [1.165, 1.54) is 24.6 Å². The molecule has 1 aliphatic heterocycles. The van der Waals surface area contributed by atoms with Gasteiger partial charge in [-0.15, -0.1) is 0 Å². The quantitative estimate of drug-likeness (QED) is 0.674. The van der Waals surface area contributed by atoms with Gasteiger partial charge in [-0.2, -0.15) is 0 Å². The lowest BCUT2D eigenvalue weighted by atomic mass is 10.1. The van der Waals surface area contributed by atoms with Crippen molar-refractivity contribution in [3.05, 3.63) is 12.7 Å². The molecule has 0 radical (unpaired) electrons. The predicted molar refractivity (Wildman–Crippen MR) is 52.9 cm³/mol. The zero-order chi connectivity index (χ0) is 9.97. The summed E-state index contributed by atoms with van der Waals surface area (Å²) >= 11 is 0. The molecule has 0 saturated heterocycles. The second-order valence-corrected chi connectivity index (χ2v) is 3.74. The Morgan fingerprint density at radius 1 is 1.71 bits per heavy atom. The number of carbonyl (C=O) groups is 1. The van der Waals surface area contributed by atoms with Gasteiger partial charge >= 0.3 is 0 Å². The van der Waals surface area contributed by atoms with Gasteiger partial charge in [-0.25, -0.2) is 0 Å². The minimum absolute atomic E-state index is 0.0227. The average molecular weight is 194 g/mol. The Morgan fingerprint density at radius 3 is 3.14 bits per heavy atom. The highest BCUT2D eigenvalue weighted by Gasteiger charge is 2.33. The van der Waals surface area contributed by atoms with Gasteiger partial charge in [0.05, 0.1) is 12.3 Å². The van der Waals surface area contributed by atoms with Crippen LogP contribution in [0, 0.1) is 5.92 Å². The molecule has 4 nitrogen and oxygen atoms in total. The lowest BCUT2D eigenvalue weighted by Crippen LogP contribution is -2.31. The molecule has 1 N–H and O–H groups in total. The van der Waals surface area contributed by atoms with E-state index in [1.54, 1.807) is 0 Å². The van der Waals surface area contributed by atoms with Gasteiger partial charge in [0.1, 0.15) is 6.10 Å². The Labute approximate surface area is 83.0 Å². The molecule has 1 amide bonds. The number of oxime groups is 1. The van der Waals surface area contributed by atoms with Crippen molar-refractivity contribution in [1.29, 1.82) is 0 Å². The lowest BCUT2D eigenvalue weighted by molar-refractivity contribution is -0.117. The smallest absolute Gasteiger partial charge is 0.243 e. The maximum atomic E-state index is 10.9. The van der Waals surface area contributed by atoms with Crippen molar-refractivity contribution < 1.29 is 9.63 Å². The van der Waals surface area contributed by atoms with E-state index in [-0.39, 0.29) is 12.0 Å². The second-order valence-electron chi connectivity index (χ2n) is 3.74. The van der Waals surface area contributed by atoms with E-state index in [4.69, 9.17) is 4.84 Å². The van der Waals surface area contributed by atoms with Crippen LogP contribution in [0.3, 0.4) is 0 Å². The van der Waals surface area contributed by atoms with Crippen molar-refractivity contribution in [2.75, 3.05) is 6.54 Å². The predicted octanol–water partition coefficient (Wildman–Crippen LogP) is 0.843. The fraction of sp³-hybridized carbons (Fsp3) is 0.600. The minimum atomic E-state index is -0.159. The molecule has 0 aromatic carbocycles. The summed E-state index contributed by atoms with van der Waals surface area (Å²) in [6.07, 6.45) is 4.64. The topological polar surface area (TPSA) is 50.7 Å². The van der Waals surface area contributed by atoms with E-state index < -0.39 is 0 Å². The number of carbonyl (C=O) groups excluding carboxylic acids is 1. The van der Waals surface area contributed by atoms with Gasteiger partial charge in [-0.3, -0.25) is 4.79 Å². The number of hydrogen-bond acceptors (Lipinski definition) is 3. The van der Waals surface area contributed by atoms with E-state index in [2.05, 4.69) is 17.1 Å². The Kier molecular flexibility index (Phi) is 2.52. The fourth-order valence-corrected chi connectivity index (χ4v) is 1.50. The molecular formula is C10H14N2O2. The zero-order valence-electron chi connectivity index (χ0n) is 8.03. The number of nitrogens with zero attached hydrogens (tertiary/aromatic N) is 1. The van der Waals surface area contributed by atoms with Crippen LogP contribution in [0.15, 0.2) is 17.8 Å². The van der Waals surface area contributed by atoms with E-state index in [0.29, 0.717) is 12.5 Å². The lowest BCUT2D eigenvalue weighted by Gasteiger charge is -2.07. The second kappa shape index (κ2) is 3.82. The van der Waals surface area contributed by atoms with Crippen LogP contribution in [0.1, 0.15) is 19.3 Å². The molecule has 2 rings (SSSR count). The first-order valence-electron chi connectivity index (χ1n) is 4.92. The summed E-state index contributed by atoms with van der Waals surface area (Å²) in [5, 5.41) is 6.72. The van der Waals surface area contributed by atoms with Crippen LogP contribution < -0.4 is 5.32 Å². The third-order valence-electron chi connectivity index (χ3n) is 2.49. The van der Waals surface area contributed by atoms with Gasteiger partial charge in [0.2, 0.25) is 5.91 Å². The van der Waals surface area contributed by atoms with Crippen molar-refractivity contribution >= 4 is 11.6 Å². The Hall–Kier alpha value is -1.32. The van der Waals surface area contributed by atoms with Crippen molar-refractivity contribution in [2.24, 2.45) is 11.1 Å². The first kappa shape index (κ1) is 9.24. The molecule has 1 heterocycles. The molecule has 76 valence electrons.